The third-order valence-electron chi connectivity index (χ3n) is 12.2. The number of ether oxygens (including phenoxy) is 3. The molecule has 16 heteroatoms. The number of likely N-dealkylation sites (tertiary alicyclic amines) is 1. The molecule has 15 nitrogen and oxygen atoms in total. The van der Waals surface area contributed by atoms with Gasteiger partial charge in [-0.1, -0.05) is 56.3 Å². The largest absolute Gasteiger partial charge is 0.453 e. The fourth-order valence-corrected chi connectivity index (χ4v) is 9.72. The molecule has 4 atom stereocenters. The number of carbonyl (C=O) groups is 4. The number of aromatic nitrogens is 4. The first-order valence-electron chi connectivity index (χ1n) is 20.7. The number of nitrogens with zero attached hydrogens (tertiary/aromatic N) is 3. The van der Waals surface area contributed by atoms with Crippen LogP contribution in [0.5, 0.6) is 0 Å². The van der Waals surface area contributed by atoms with E-state index >= 15 is 0 Å². The van der Waals surface area contributed by atoms with E-state index in [1.165, 1.54) is 14.2 Å². The van der Waals surface area contributed by atoms with Crippen molar-refractivity contribution >= 4 is 46.5 Å². The Labute approximate surface area is 358 Å². The van der Waals surface area contributed by atoms with Gasteiger partial charge >= 0.3 is 12.2 Å². The van der Waals surface area contributed by atoms with Crippen molar-refractivity contribution in [2.45, 2.75) is 63.0 Å². The van der Waals surface area contributed by atoms with Crippen molar-refractivity contribution in [1.82, 2.24) is 35.4 Å². The van der Waals surface area contributed by atoms with Crippen molar-refractivity contribution in [3.63, 3.8) is 0 Å². The van der Waals surface area contributed by atoms with E-state index in [9.17, 15) is 19.2 Å². The Morgan fingerprint density at radius 1 is 0.852 bits per heavy atom. The molecule has 4 heterocycles. The first kappa shape index (κ1) is 41.8. The molecule has 4 amide bonds. The molecule has 3 aromatic carbocycles. The van der Waals surface area contributed by atoms with Gasteiger partial charge in [0.2, 0.25) is 11.8 Å². The van der Waals surface area contributed by atoms with Crippen molar-refractivity contribution in [2.24, 2.45) is 11.3 Å². The second-order valence-electron chi connectivity index (χ2n) is 16.5. The number of alkyl carbamates (subject to hydrolysis) is 2. The van der Waals surface area contributed by atoms with Gasteiger partial charge in [0.05, 0.1) is 26.1 Å². The topological polar surface area (TPSA) is 185 Å². The van der Waals surface area contributed by atoms with E-state index in [4.69, 9.17) is 14.2 Å². The van der Waals surface area contributed by atoms with Gasteiger partial charge < -0.3 is 39.6 Å². The SMILES string of the molecule is COCC[C@H](NC(=O)OC)C(=O)N1CCS[C@H]1c1ncc(-c2ccc(-c3ccc4cc(-c5c[nH+]c([C@@H]6CC7(CC7)CN6C(=O)[C@@H](NC(=O)OC)C(C)C)[nH]5)ccc4c3)cc2)[nH]1. The van der Waals surface area contributed by atoms with E-state index in [1.807, 2.05) is 24.9 Å². The number of rotatable bonds is 13. The van der Waals surface area contributed by atoms with Gasteiger partial charge in [-0.3, -0.25) is 9.59 Å². The lowest BCUT2D eigenvalue weighted by Crippen LogP contribution is -2.51. The highest BCUT2D eigenvalue weighted by molar-refractivity contribution is 7.99. The van der Waals surface area contributed by atoms with E-state index in [0.717, 1.165) is 75.3 Å². The predicted octanol–water partition coefficient (Wildman–Crippen LogP) is 6.48. The van der Waals surface area contributed by atoms with Crippen molar-refractivity contribution < 1.29 is 38.4 Å². The summed E-state index contributed by atoms with van der Waals surface area (Å²) in [5.74, 6) is 1.91. The summed E-state index contributed by atoms with van der Waals surface area (Å²) in [6.07, 6.45) is 5.88. The lowest BCUT2D eigenvalue weighted by molar-refractivity contribution is -0.393. The molecule has 0 bridgehead atoms. The lowest BCUT2D eigenvalue weighted by Gasteiger charge is -2.29. The highest BCUT2D eigenvalue weighted by Crippen LogP contribution is 2.58. The van der Waals surface area contributed by atoms with Gasteiger partial charge in [0.25, 0.3) is 5.82 Å². The quantitative estimate of drug-likeness (QED) is 0.103. The summed E-state index contributed by atoms with van der Waals surface area (Å²) in [7, 11) is 4.14. The molecule has 61 heavy (non-hydrogen) atoms. The number of hydrogen-bond donors (Lipinski definition) is 4. The summed E-state index contributed by atoms with van der Waals surface area (Å²) in [5, 5.41) is 7.31. The standard InChI is InChI=1S/C45H52N8O7S/c1-26(2)37(51-44(57)60-5)41(55)53-25-45(15-16-45)22-36(53)38-46-24-35(48-38)32-13-12-30-20-29(10-11-31(30)21-32)27-6-8-28(9-7-27)34-23-47-39(49-34)42-52(17-19-61-42)40(54)33(14-18-58-3)50-43(56)59-4/h6-13,20-21,23-24,26,33,36-37,42H,14-19,22,25H2,1-5H3,(H,46,48)(H,47,49)(H,50,56)(H,51,57)/p+1/t33-,36-,37-,42-/m0/s1. The van der Waals surface area contributed by atoms with Crippen LogP contribution in [0.25, 0.3) is 44.4 Å². The molecule has 5 N–H and O–H groups in total. The number of thioether (sulfide) groups is 1. The third kappa shape index (κ3) is 8.82. The van der Waals surface area contributed by atoms with Gasteiger partial charge in [0, 0.05) is 44.5 Å². The Bertz CT molecular complexity index is 2410. The first-order valence-corrected chi connectivity index (χ1v) is 21.8. The van der Waals surface area contributed by atoms with Crippen molar-refractivity contribution in [2.75, 3.05) is 46.8 Å². The molecule has 2 aliphatic heterocycles. The van der Waals surface area contributed by atoms with Crippen LogP contribution in [0.4, 0.5) is 9.59 Å². The summed E-state index contributed by atoms with van der Waals surface area (Å²) >= 11 is 1.62. The van der Waals surface area contributed by atoms with Crippen molar-refractivity contribution in [1.29, 1.82) is 0 Å². The third-order valence-corrected chi connectivity index (χ3v) is 13.4. The van der Waals surface area contributed by atoms with E-state index in [1.54, 1.807) is 30.0 Å². The summed E-state index contributed by atoms with van der Waals surface area (Å²) < 4.78 is 14.8. The van der Waals surface area contributed by atoms with Crippen LogP contribution < -0.4 is 15.6 Å². The maximum atomic E-state index is 13.9. The van der Waals surface area contributed by atoms with Gasteiger partial charge in [-0.2, -0.15) is 0 Å². The molecule has 8 rings (SSSR count). The van der Waals surface area contributed by atoms with Crippen LogP contribution in [-0.4, -0.2) is 108 Å². The zero-order valence-corrected chi connectivity index (χ0v) is 35.9. The zero-order chi connectivity index (χ0) is 42.8. The molecule has 1 aliphatic carbocycles. The minimum atomic E-state index is -0.773. The zero-order valence-electron chi connectivity index (χ0n) is 35.1. The second-order valence-corrected chi connectivity index (χ2v) is 17.7. The maximum Gasteiger partial charge on any atom is 0.407 e. The number of carbonyl (C=O) groups excluding carboxylic acids is 4. The molecule has 3 fully saturated rings. The molecule has 3 aliphatic rings. The minimum Gasteiger partial charge on any atom is -0.453 e. The maximum absolute atomic E-state index is 13.9. The number of H-pyrrole nitrogens is 3. The summed E-state index contributed by atoms with van der Waals surface area (Å²) in [5.41, 5.74) is 6.08. The molecule has 0 radical (unpaired) electrons. The Hall–Kier alpha value is -5.87. The number of aromatic amines is 3. The van der Waals surface area contributed by atoms with Gasteiger partial charge in [0.1, 0.15) is 35.5 Å². The summed E-state index contributed by atoms with van der Waals surface area (Å²) in [6, 6.07) is 19.6. The van der Waals surface area contributed by atoms with Crippen LogP contribution in [-0.2, 0) is 23.8 Å². The summed E-state index contributed by atoms with van der Waals surface area (Å²) in [4.78, 5) is 70.4. The first-order chi connectivity index (χ1) is 29.5. The van der Waals surface area contributed by atoms with Crippen LogP contribution in [0.2, 0.25) is 0 Å². The molecule has 2 aromatic heterocycles. The van der Waals surface area contributed by atoms with Crippen LogP contribution >= 0.6 is 11.8 Å². The fraction of sp³-hybridized carbons (Fsp3) is 0.422. The van der Waals surface area contributed by atoms with Gasteiger partial charge in [-0.25, -0.2) is 24.5 Å². The van der Waals surface area contributed by atoms with E-state index in [0.29, 0.717) is 31.9 Å². The van der Waals surface area contributed by atoms with E-state index < -0.39 is 24.3 Å². The minimum absolute atomic E-state index is 0.0916. The highest BCUT2D eigenvalue weighted by Gasteiger charge is 2.56. The van der Waals surface area contributed by atoms with Crippen LogP contribution in [0, 0.1) is 11.3 Å². The average Bonchev–Trinajstić information content (AvgIpc) is 3.81. The molecule has 5 aromatic rings. The molecular formula is C45H53N8O7S+. The van der Waals surface area contributed by atoms with Gasteiger partial charge in [-0.15, -0.1) is 11.8 Å². The van der Waals surface area contributed by atoms with Gasteiger partial charge in [-0.05, 0) is 76.3 Å². The van der Waals surface area contributed by atoms with Crippen molar-refractivity contribution in [3.05, 3.63) is 84.7 Å². The number of benzene rings is 3. The normalized spacial score (nSPS) is 19.0. The molecule has 1 spiro atoms. The summed E-state index contributed by atoms with van der Waals surface area (Å²) in [6.45, 7) is 5.38. The van der Waals surface area contributed by atoms with Crippen LogP contribution in [0.1, 0.15) is 62.6 Å². The number of methoxy groups -OCH3 is 3. The highest BCUT2D eigenvalue weighted by atomic mass is 32.2. The Morgan fingerprint density at radius 2 is 1.52 bits per heavy atom. The Balaban J connectivity index is 0.946. The molecule has 1 saturated carbocycles. The van der Waals surface area contributed by atoms with Gasteiger partial charge in [0.15, 0.2) is 5.69 Å². The van der Waals surface area contributed by atoms with Crippen molar-refractivity contribution in [3.8, 4) is 33.6 Å². The molecule has 320 valence electrons. The second kappa shape index (κ2) is 17.6. The number of imidazole rings is 2. The molecule has 2 saturated heterocycles. The Kier molecular flexibility index (Phi) is 12.1. The van der Waals surface area contributed by atoms with E-state index in [2.05, 4.69) is 91.2 Å². The Morgan fingerprint density at radius 3 is 2.21 bits per heavy atom. The number of nitrogens with one attached hydrogen (secondary N) is 5. The lowest BCUT2D eigenvalue weighted by atomic mass is 9.98. The fourth-order valence-electron chi connectivity index (χ4n) is 8.53. The average molecular weight is 850 g/mol. The number of fused-ring (bicyclic) bond motifs is 1. The monoisotopic (exact) mass is 849 g/mol. The van der Waals surface area contributed by atoms with E-state index in [-0.39, 0.29) is 34.6 Å². The number of amides is 4. The number of hydrogen-bond acceptors (Lipinski definition) is 9. The smallest absolute Gasteiger partial charge is 0.407 e. The van der Waals surface area contributed by atoms with Crippen LogP contribution in [0.3, 0.4) is 0 Å². The van der Waals surface area contributed by atoms with Crippen LogP contribution in [0.15, 0.2) is 73.1 Å². The molecular weight excluding hydrogens is 797 g/mol. The molecule has 0 unspecified atom stereocenters. The predicted molar refractivity (Wildman–Crippen MR) is 231 cm³/mol.